The van der Waals surface area contributed by atoms with E-state index in [2.05, 4.69) is 16.0 Å². The first-order valence-electron chi connectivity index (χ1n) is 13.6. The number of piperidine rings is 1. The summed E-state index contributed by atoms with van der Waals surface area (Å²) in [7, 11) is 0. The van der Waals surface area contributed by atoms with Crippen LogP contribution in [0.2, 0.25) is 0 Å². The van der Waals surface area contributed by atoms with Crippen molar-refractivity contribution in [1.82, 2.24) is 24.4 Å². The highest BCUT2D eigenvalue weighted by Gasteiger charge is 2.58. The predicted octanol–water partition coefficient (Wildman–Crippen LogP) is 4.13. The number of hydrogen-bond donors (Lipinski definition) is 1. The number of benzene rings is 1. The Bertz CT molecular complexity index is 1690. The molecule has 1 aromatic carbocycles. The third-order valence-electron chi connectivity index (χ3n) is 8.49. The molecular formula is C29H27FN6O4S. The van der Waals surface area contributed by atoms with Gasteiger partial charge in [-0.05, 0) is 49.9 Å². The molecule has 10 nitrogen and oxygen atoms in total. The van der Waals surface area contributed by atoms with Gasteiger partial charge in [-0.2, -0.15) is 5.26 Å². The minimum absolute atomic E-state index is 0.0169. The molecule has 0 spiro atoms. The number of fused-ring (bicyclic) bond motifs is 2. The quantitative estimate of drug-likeness (QED) is 0.314. The standard InChI is InChI=1S/C29H27FN6O4S/c30-21-10-17(12-31)4-5-18(21)16-40-24-3-1-2-22(32-24)29-7-8-35(13-19(29)11-29)15-23-33-26-25(34-27(41-26)28(37)38)36(23)14-20-6-9-39-20/h1-5,10,19-20H,6-9,11,13-16H2,(H,37,38). The second kappa shape index (κ2) is 10.2. The molecule has 0 amide bonds. The van der Waals surface area contributed by atoms with E-state index >= 15 is 0 Å². The molecular weight excluding hydrogens is 547 g/mol. The van der Waals surface area contributed by atoms with Gasteiger partial charge in [-0.1, -0.05) is 23.5 Å². The summed E-state index contributed by atoms with van der Waals surface area (Å²) in [5.74, 6) is 0.315. The first-order valence-corrected chi connectivity index (χ1v) is 14.5. The molecule has 3 fully saturated rings. The zero-order valence-electron chi connectivity index (χ0n) is 22.1. The number of hydrogen-bond acceptors (Lipinski definition) is 9. The lowest BCUT2D eigenvalue weighted by Crippen LogP contribution is -2.37. The highest BCUT2D eigenvalue weighted by atomic mass is 32.1. The molecule has 1 aliphatic carbocycles. The molecule has 7 rings (SSSR count). The monoisotopic (exact) mass is 574 g/mol. The number of rotatable bonds is 9. The van der Waals surface area contributed by atoms with Crippen molar-refractivity contribution in [3.8, 4) is 11.9 Å². The highest BCUT2D eigenvalue weighted by molar-refractivity contribution is 7.19. The van der Waals surface area contributed by atoms with Crippen LogP contribution < -0.4 is 4.74 Å². The van der Waals surface area contributed by atoms with Gasteiger partial charge in [-0.3, -0.25) is 4.90 Å². The van der Waals surface area contributed by atoms with E-state index in [9.17, 15) is 14.3 Å². The van der Waals surface area contributed by atoms with Crippen molar-refractivity contribution in [2.24, 2.45) is 5.92 Å². The molecule has 3 atom stereocenters. The van der Waals surface area contributed by atoms with Crippen LogP contribution in [0, 0.1) is 23.1 Å². The average molecular weight is 575 g/mol. The number of ether oxygens (including phenoxy) is 2. The Morgan fingerprint density at radius 2 is 2.17 bits per heavy atom. The van der Waals surface area contributed by atoms with Gasteiger partial charge in [0.1, 0.15) is 18.2 Å². The van der Waals surface area contributed by atoms with E-state index in [4.69, 9.17) is 24.7 Å². The third-order valence-corrected chi connectivity index (χ3v) is 9.42. The summed E-state index contributed by atoms with van der Waals surface area (Å²) < 4.78 is 27.8. The second-order valence-corrected chi connectivity index (χ2v) is 12.0. The van der Waals surface area contributed by atoms with Crippen LogP contribution >= 0.6 is 11.3 Å². The Morgan fingerprint density at radius 1 is 1.29 bits per heavy atom. The summed E-state index contributed by atoms with van der Waals surface area (Å²) in [6.45, 7) is 3.87. The molecule has 3 unspecified atom stereocenters. The lowest BCUT2D eigenvalue weighted by atomic mass is 9.91. The van der Waals surface area contributed by atoms with E-state index in [1.165, 1.54) is 6.07 Å². The Morgan fingerprint density at radius 3 is 2.90 bits per heavy atom. The van der Waals surface area contributed by atoms with Crippen LogP contribution in [-0.4, -0.2) is 61.3 Å². The minimum Gasteiger partial charge on any atom is -0.476 e. The number of carbonyl (C=O) groups is 1. The Kier molecular flexibility index (Phi) is 6.45. The van der Waals surface area contributed by atoms with Crippen LogP contribution in [0.25, 0.3) is 10.5 Å². The molecule has 210 valence electrons. The van der Waals surface area contributed by atoms with Gasteiger partial charge in [0.25, 0.3) is 0 Å². The topological polar surface area (TPSA) is 126 Å². The van der Waals surface area contributed by atoms with Gasteiger partial charge in [-0.15, -0.1) is 0 Å². The van der Waals surface area contributed by atoms with Gasteiger partial charge >= 0.3 is 5.97 Å². The summed E-state index contributed by atoms with van der Waals surface area (Å²) in [6.07, 6.45) is 3.09. The number of carboxylic acid groups (broad SMARTS) is 1. The van der Waals surface area contributed by atoms with Crippen molar-refractivity contribution in [2.45, 2.75) is 50.5 Å². The maximum Gasteiger partial charge on any atom is 0.365 e. The average Bonchev–Trinajstić information content (AvgIpc) is 3.40. The van der Waals surface area contributed by atoms with Crippen molar-refractivity contribution in [2.75, 3.05) is 19.7 Å². The largest absolute Gasteiger partial charge is 0.476 e. The van der Waals surface area contributed by atoms with E-state index in [1.54, 1.807) is 18.2 Å². The van der Waals surface area contributed by atoms with Crippen LogP contribution in [0.3, 0.4) is 0 Å². The number of nitriles is 1. The van der Waals surface area contributed by atoms with Crippen LogP contribution in [0.1, 0.15) is 51.7 Å². The lowest BCUT2D eigenvalue weighted by molar-refractivity contribution is -0.0593. The van der Waals surface area contributed by atoms with E-state index in [0.29, 0.717) is 40.9 Å². The third kappa shape index (κ3) is 4.84. The molecule has 41 heavy (non-hydrogen) atoms. The van der Waals surface area contributed by atoms with Crippen LogP contribution in [0.15, 0.2) is 36.4 Å². The van der Waals surface area contributed by atoms with Crippen molar-refractivity contribution in [3.63, 3.8) is 0 Å². The molecule has 5 heterocycles. The summed E-state index contributed by atoms with van der Waals surface area (Å²) in [6, 6.07) is 12.1. The molecule has 0 bridgehead atoms. The maximum atomic E-state index is 14.3. The van der Waals surface area contributed by atoms with Gasteiger partial charge in [0.2, 0.25) is 10.9 Å². The molecule has 12 heteroatoms. The van der Waals surface area contributed by atoms with E-state index < -0.39 is 11.8 Å². The van der Waals surface area contributed by atoms with E-state index in [0.717, 1.165) is 61.8 Å². The highest BCUT2D eigenvalue weighted by Crippen LogP contribution is 2.59. The van der Waals surface area contributed by atoms with Crippen LogP contribution in [-0.2, 0) is 29.8 Å². The Hall–Kier alpha value is -3.92. The number of pyridine rings is 1. The van der Waals surface area contributed by atoms with Crippen LogP contribution in [0.5, 0.6) is 5.88 Å². The van der Waals surface area contributed by atoms with Gasteiger partial charge in [-0.25, -0.2) is 24.1 Å². The number of aromatic nitrogens is 4. The van der Waals surface area contributed by atoms with Crippen molar-refractivity contribution < 1.29 is 23.8 Å². The molecule has 1 N–H and O–H groups in total. The smallest absolute Gasteiger partial charge is 0.365 e. The zero-order valence-corrected chi connectivity index (χ0v) is 22.9. The first kappa shape index (κ1) is 26.0. The number of imidazole rings is 1. The predicted molar refractivity (Wildman–Crippen MR) is 146 cm³/mol. The summed E-state index contributed by atoms with van der Waals surface area (Å²) in [5.41, 5.74) is 2.30. The molecule has 2 saturated heterocycles. The van der Waals surface area contributed by atoms with Crippen molar-refractivity contribution in [1.29, 1.82) is 5.26 Å². The fourth-order valence-corrected chi connectivity index (χ4v) is 6.82. The summed E-state index contributed by atoms with van der Waals surface area (Å²) >= 11 is 1.11. The fraction of sp³-hybridized carbons (Fsp3) is 0.414. The zero-order chi connectivity index (χ0) is 28.1. The van der Waals surface area contributed by atoms with Crippen molar-refractivity contribution >= 4 is 27.8 Å². The van der Waals surface area contributed by atoms with E-state index in [-0.39, 0.29) is 28.7 Å². The molecule has 3 aromatic heterocycles. The normalized spacial score (nSPS) is 23.5. The summed E-state index contributed by atoms with van der Waals surface area (Å²) in [4.78, 5) is 28.5. The van der Waals surface area contributed by atoms with Crippen molar-refractivity contribution in [3.05, 3.63) is 69.9 Å². The Labute approximate surface area is 239 Å². The number of likely N-dealkylation sites (tertiary alicyclic amines) is 1. The lowest BCUT2D eigenvalue weighted by Gasteiger charge is -2.32. The van der Waals surface area contributed by atoms with Gasteiger partial charge < -0.3 is 19.1 Å². The number of thiazole rings is 1. The van der Waals surface area contributed by atoms with Gasteiger partial charge in [0.15, 0.2) is 10.5 Å². The molecule has 4 aromatic rings. The van der Waals surface area contributed by atoms with E-state index in [1.807, 2.05) is 16.7 Å². The molecule has 2 aliphatic heterocycles. The van der Waals surface area contributed by atoms with Gasteiger partial charge in [0.05, 0.1) is 36.5 Å². The number of carboxylic acids is 1. The Balaban J connectivity index is 1.03. The van der Waals surface area contributed by atoms with Crippen LogP contribution in [0.4, 0.5) is 4.39 Å². The fourth-order valence-electron chi connectivity index (χ4n) is 6.02. The molecule has 1 saturated carbocycles. The molecule has 3 aliphatic rings. The van der Waals surface area contributed by atoms with Gasteiger partial charge in [0, 0.05) is 30.2 Å². The number of aromatic carboxylic acids is 1. The number of halogens is 1. The first-order chi connectivity index (χ1) is 19.9. The SMILES string of the molecule is N#Cc1ccc(COc2cccc(C34CCN(Cc5nc6sc(C(=O)O)nc6n5CC5CCO5)CC3C4)n2)c(F)c1. The second-order valence-electron chi connectivity index (χ2n) is 11.0. The summed E-state index contributed by atoms with van der Waals surface area (Å²) in [5, 5.41) is 18.4. The maximum absolute atomic E-state index is 14.3. The minimum atomic E-state index is -1.04. The molecule has 0 radical (unpaired) electrons. The number of nitrogens with zero attached hydrogens (tertiary/aromatic N) is 6.